The van der Waals surface area contributed by atoms with E-state index in [0.29, 0.717) is 5.92 Å². The van der Waals surface area contributed by atoms with Crippen molar-refractivity contribution in [3.63, 3.8) is 0 Å². The Morgan fingerprint density at radius 2 is 1.91 bits per heavy atom. The van der Waals surface area contributed by atoms with Gasteiger partial charge in [-0.05, 0) is 48.9 Å². The fourth-order valence-electron chi connectivity index (χ4n) is 4.35. The summed E-state index contributed by atoms with van der Waals surface area (Å²) in [5, 5.41) is 12.1. The lowest BCUT2D eigenvalue weighted by Crippen LogP contribution is -2.34. The average Bonchev–Trinajstić information content (AvgIpc) is 3.04. The SMILES string of the molecule is COCC(=O)N[C@H](CC(C)C)c1nnc2n1CCN(Cc1cc(C)c(OC)cc1C)CC2. The Morgan fingerprint density at radius 3 is 2.59 bits per heavy atom. The van der Waals surface area contributed by atoms with Gasteiger partial charge in [-0.3, -0.25) is 9.69 Å². The van der Waals surface area contributed by atoms with Crippen LogP contribution in [0.2, 0.25) is 0 Å². The standard InChI is InChI=1S/C24H37N5O3/c1-16(2)11-20(25-23(30)15-31-5)24-27-26-22-7-8-28(9-10-29(22)24)14-19-12-18(4)21(32-6)13-17(19)3/h12-13,16,20H,7-11,14-15H2,1-6H3,(H,25,30)/t20-/m1/s1. The number of hydrogen-bond donors (Lipinski definition) is 1. The number of nitrogens with one attached hydrogen (secondary N) is 1. The highest BCUT2D eigenvalue weighted by Crippen LogP contribution is 2.25. The van der Waals surface area contributed by atoms with E-state index in [1.54, 1.807) is 7.11 Å². The first-order valence-electron chi connectivity index (χ1n) is 11.4. The van der Waals surface area contributed by atoms with Crippen LogP contribution in [0.4, 0.5) is 0 Å². The number of hydrogen-bond acceptors (Lipinski definition) is 6. The number of aryl methyl sites for hydroxylation is 2. The summed E-state index contributed by atoms with van der Waals surface area (Å²) in [4.78, 5) is 14.7. The van der Waals surface area contributed by atoms with Gasteiger partial charge < -0.3 is 19.4 Å². The van der Waals surface area contributed by atoms with Crippen molar-refractivity contribution in [1.82, 2.24) is 25.0 Å². The first-order valence-corrected chi connectivity index (χ1v) is 11.4. The largest absolute Gasteiger partial charge is 0.496 e. The Morgan fingerprint density at radius 1 is 1.12 bits per heavy atom. The zero-order chi connectivity index (χ0) is 23.3. The third kappa shape index (κ3) is 5.86. The lowest BCUT2D eigenvalue weighted by Gasteiger charge is -2.23. The quantitative estimate of drug-likeness (QED) is 0.642. The number of aromatic nitrogens is 3. The summed E-state index contributed by atoms with van der Waals surface area (Å²) in [5.41, 5.74) is 3.73. The molecular weight excluding hydrogens is 406 g/mol. The molecule has 8 heteroatoms. The second-order valence-corrected chi connectivity index (χ2v) is 9.08. The predicted molar refractivity (Wildman–Crippen MR) is 124 cm³/mol. The van der Waals surface area contributed by atoms with Crippen LogP contribution in [0, 0.1) is 19.8 Å². The highest BCUT2D eigenvalue weighted by atomic mass is 16.5. The first kappa shape index (κ1) is 24.2. The maximum absolute atomic E-state index is 12.2. The summed E-state index contributed by atoms with van der Waals surface area (Å²) in [6.45, 7) is 12.1. The maximum Gasteiger partial charge on any atom is 0.246 e. The summed E-state index contributed by atoms with van der Waals surface area (Å²) >= 11 is 0. The summed E-state index contributed by atoms with van der Waals surface area (Å²) in [7, 11) is 3.24. The molecule has 0 spiro atoms. The Balaban J connectivity index is 1.74. The summed E-state index contributed by atoms with van der Waals surface area (Å²) in [6, 6.07) is 4.18. The van der Waals surface area contributed by atoms with Crippen LogP contribution in [0.25, 0.3) is 0 Å². The van der Waals surface area contributed by atoms with Crippen molar-refractivity contribution in [3.8, 4) is 5.75 Å². The third-order valence-electron chi connectivity index (χ3n) is 6.02. The number of fused-ring (bicyclic) bond motifs is 1. The molecule has 1 amide bonds. The van der Waals surface area contributed by atoms with Crippen molar-refractivity contribution in [2.24, 2.45) is 5.92 Å². The molecule has 1 aliphatic rings. The second kappa shape index (κ2) is 10.9. The molecular formula is C24H37N5O3. The van der Waals surface area contributed by atoms with E-state index in [1.807, 2.05) is 0 Å². The van der Waals surface area contributed by atoms with Crippen LogP contribution in [0.3, 0.4) is 0 Å². The number of amides is 1. The molecule has 0 unspecified atom stereocenters. The third-order valence-corrected chi connectivity index (χ3v) is 6.02. The van der Waals surface area contributed by atoms with E-state index in [2.05, 4.69) is 64.8 Å². The van der Waals surface area contributed by atoms with Gasteiger partial charge in [0.15, 0.2) is 5.82 Å². The molecule has 0 bridgehead atoms. The number of nitrogens with zero attached hydrogens (tertiary/aromatic N) is 4. The van der Waals surface area contributed by atoms with E-state index >= 15 is 0 Å². The van der Waals surface area contributed by atoms with Crippen molar-refractivity contribution >= 4 is 5.91 Å². The molecule has 32 heavy (non-hydrogen) atoms. The van der Waals surface area contributed by atoms with Gasteiger partial charge in [-0.15, -0.1) is 10.2 Å². The van der Waals surface area contributed by atoms with E-state index in [9.17, 15) is 4.79 Å². The van der Waals surface area contributed by atoms with Gasteiger partial charge in [-0.1, -0.05) is 19.9 Å². The lowest BCUT2D eigenvalue weighted by molar-refractivity contribution is -0.125. The smallest absolute Gasteiger partial charge is 0.246 e. The minimum Gasteiger partial charge on any atom is -0.496 e. The second-order valence-electron chi connectivity index (χ2n) is 9.08. The molecule has 176 valence electrons. The number of methoxy groups -OCH3 is 2. The monoisotopic (exact) mass is 443 g/mol. The lowest BCUT2D eigenvalue weighted by atomic mass is 10.0. The molecule has 1 N–H and O–H groups in total. The van der Waals surface area contributed by atoms with Gasteiger partial charge in [-0.25, -0.2) is 0 Å². The molecule has 0 aliphatic carbocycles. The Kier molecular flexibility index (Phi) is 8.26. The summed E-state index contributed by atoms with van der Waals surface area (Å²) in [5.74, 6) is 3.05. The van der Waals surface area contributed by atoms with Crippen LogP contribution in [0.1, 0.15) is 54.6 Å². The zero-order valence-corrected chi connectivity index (χ0v) is 20.3. The van der Waals surface area contributed by atoms with Crippen molar-refractivity contribution in [1.29, 1.82) is 0 Å². The molecule has 1 atom stereocenters. The van der Waals surface area contributed by atoms with Crippen LogP contribution in [0.5, 0.6) is 5.75 Å². The van der Waals surface area contributed by atoms with Crippen molar-refractivity contribution in [2.75, 3.05) is 33.9 Å². The molecule has 0 saturated carbocycles. The summed E-state index contributed by atoms with van der Waals surface area (Å²) in [6.07, 6.45) is 1.64. The van der Waals surface area contributed by atoms with Gasteiger partial charge in [0.05, 0.1) is 13.2 Å². The van der Waals surface area contributed by atoms with E-state index in [1.165, 1.54) is 18.2 Å². The van der Waals surface area contributed by atoms with E-state index in [4.69, 9.17) is 9.47 Å². The number of ether oxygens (including phenoxy) is 2. The fraction of sp³-hybridized carbons (Fsp3) is 0.625. The molecule has 8 nitrogen and oxygen atoms in total. The minimum atomic E-state index is -0.170. The van der Waals surface area contributed by atoms with Crippen molar-refractivity contribution in [3.05, 3.63) is 40.5 Å². The van der Waals surface area contributed by atoms with Gasteiger partial charge in [0, 0.05) is 39.7 Å². The van der Waals surface area contributed by atoms with Gasteiger partial charge in [0.2, 0.25) is 5.91 Å². The van der Waals surface area contributed by atoms with E-state index in [0.717, 1.165) is 62.0 Å². The van der Waals surface area contributed by atoms with Crippen LogP contribution in [-0.4, -0.2) is 59.5 Å². The van der Waals surface area contributed by atoms with Crippen molar-refractivity contribution in [2.45, 2.75) is 59.7 Å². The molecule has 2 aromatic rings. The maximum atomic E-state index is 12.2. The number of carbonyl (C=O) groups excluding carboxylic acids is 1. The average molecular weight is 444 g/mol. The predicted octanol–water partition coefficient (Wildman–Crippen LogP) is 2.81. The molecule has 1 aromatic carbocycles. The first-order chi connectivity index (χ1) is 15.3. The van der Waals surface area contributed by atoms with E-state index < -0.39 is 0 Å². The highest BCUT2D eigenvalue weighted by molar-refractivity contribution is 5.77. The summed E-state index contributed by atoms with van der Waals surface area (Å²) < 4.78 is 12.7. The minimum absolute atomic E-state index is 0.0456. The number of rotatable bonds is 9. The number of carbonyl (C=O) groups is 1. The van der Waals surface area contributed by atoms with Crippen LogP contribution >= 0.6 is 0 Å². The molecule has 2 heterocycles. The Labute approximate surface area is 191 Å². The van der Waals surface area contributed by atoms with Crippen LogP contribution in [0.15, 0.2) is 12.1 Å². The molecule has 0 fully saturated rings. The molecule has 1 aliphatic heterocycles. The Hall–Kier alpha value is -2.45. The molecule has 3 rings (SSSR count). The Bertz CT molecular complexity index is 925. The number of benzene rings is 1. The normalized spacial score (nSPS) is 15.3. The van der Waals surface area contributed by atoms with Gasteiger partial charge in [0.1, 0.15) is 18.2 Å². The zero-order valence-electron chi connectivity index (χ0n) is 20.3. The van der Waals surface area contributed by atoms with Crippen LogP contribution in [-0.2, 0) is 29.0 Å². The van der Waals surface area contributed by atoms with Crippen LogP contribution < -0.4 is 10.1 Å². The van der Waals surface area contributed by atoms with Gasteiger partial charge in [0.25, 0.3) is 0 Å². The molecule has 1 aromatic heterocycles. The van der Waals surface area contributed by atoms with Gasteiger partial charge in [-0.2, -0.15) is 0 Å². The molecule has 0 radical (unpaired) electrons. The molecule has 0 saturated heterocycles. The van der Waals surface area contributed by atoms with Gasteiger partial charge >= 0.3 is 0 Å². The fourth-order valence-corrected chi connectivity index (χ4v) is 4.35. The van der Waals surface area contributed by atoms with Crippen molar-refractivity contribution < 1.29 is 14.3 Å². The highest BCUT2D eigenvalue weighted by Gasteiger charge is 2.26. The van der Waals surface area contributed by atoms with E-state index in [-0.39, 0.29) is 18.6 Å². The topological polar surface area (TPSA) is 81.5 Å².